The minimum Gasteiger partial charge on any atom is -0.478 e. The molecule has 2 aromatic rings. The molecule has 1 aromatic heterocycles. The van der Waals surface area contributed by atoms with Gasteiger partial charge < -0.3 is 14.4 Å². The van der Waals surface area contributed by atoms with Gasteiger partial charge in [0, 0.05) is 33.8 Å². The van der Waals surface area contributed by atoms with E-state index >= 15 is 0 Å². The summed E-state index contributed by atoms with van der Waals surface area (Å²) >= 11 is 0. The second kappa shape index (κ2) is 7.30. The fourth-order valence-electron chi connectivity index (χ4n) is 2.31. The number of hydrogen-bond donors (Lipinski definition) is 1. The second-order valence-corrected chi connectivity index (χ2v) is 8.10. The Kier molecular flexibility index (Phi) is 5.53. The Morgan fingerprint density at radius 2 is 1.69 bits per heavy atom. The Balaban J connectivity index is 2.19. The zero-order valence-corrected chi connectivity index (χ0v) is 15.7. The summed E-state index contributed by atoms with van der Waals surface area (Å²) in [6.45, 7) is 1.70. The molecular weight excluding hydrogens is 360 g/mol. The minimum atomic E-state index is -3.70. The fourth-order valence-corrected chi connectivity index (χ4v) is 3.36. The molecule has 0 saturated carbocycles. The average Bonchev–Trinajstić information content (AvgIpc) is 2.96. The van der Waals surface area contributed by atoms with E-state index in [1.165, 1.54) is 44.1 Å². The summed E-state index contributed by atoms with van der Waals surface area (Å²) in [5.74, 6) is -1.44. The lowest BCUT2D eigenvalue weighted by molar-refractivity contribution is 0.0695. The van der Waals surface area contributed by atoms with Crippen molar-refractivity contribution in [3.05, 3.63) is 53.0 Å². The zero-order chi connectivity index (χ0) is 19.6. The monoisotopic (exact) mass is 380 g/mol. The second-order valence-electron chi connectivity index (χ2n) is 5.98. The number of furan rings is 1. The molecule has 140 valence electrons. The molecule has 0 aliphatic heterocycles. The zero-order valence-electron chi connectivity index (χ0n) is 14.9. The van der Waals surface area contributed by atoms with Gasteiger partial charge in [0.15, 0.2) is 5.76 Å². The molecule has 26 heavy (non-hydrogen) atoms. The topological polar surface area (TPSA) is 108 Å². The van der Waals surface area contributed by atoms with E-state index in [2.05, 4.69) is 0 Å². The third-order valence-electron chi connectivity index (χ3n) is 3.81. The van der Waals surface area contributed by atoms with Crippen LogP contribution < -0.4 is 0 Å². The number of aromatic carboxylic acids is 1. The Bertz CT molecular complexity index is 929. The maximum Gasteiger partial charge on any atom is 0.335 e. The molecule has 0 bridgehead atoms. The van der Waals surface area contributed by atoms with Gasteiger partial charge in [-0.2, -0.15) is 0 Å². The van der Waals surface area contributed by atoms with E-state index in [0.29, 0.717) is 0 Å². The lowest BCUT2D eigenvalue weighted by Crippen LogP contribution is -2.26. The highest BCUT2D eigenvalue weighted by Crippen LogP contribution is 2.23. The summed E-state index contributed by atoms with van der Waals surface area (Å²) in [4.78, 5) is 24.7. The van der Waals surface area contributed by atoms with Gasteiger partial charge in [0.1, 0.15) is 10.7 Å². The number of carboxylic acid groups (broad SMARTS) is 1. The molecule has 9 heteroatoms. The number of carboxylic acids is 1. The van der Waals surface area contributed by atoms with Gasteiger partial charge in [-0.15, -0.1) is 0 Å². The van der Waals surface area contributed by atoms with E-state index in [1.54, 1.807) is 19.2 Å². The maximum atomic E-state index is 12.5. The van der Waals surface area contributed by atoms with Gasteiger partial charge >= 0.3 is 5.97 Å². The third-order valence-corrected chi connectivity index (χ3v) is 5.73. The van der Waals surface area contributed by atoms with Crippen LogP contribution in [0.15, 0.2) is 39.6 Å². The predicted molar refractivity (Wildman–Crippen MR) is 93.5 cm³/mol. The highest BCUT2D eigenvalue weighted by Gasteiger charge is 2.27. The first-order valence-electron chi connectivity index (χ1n) is 7.64. The van der Waals surface area contributed by atoms with Crippen molar-refractivity contribution < 1.29 is 27.5 Å². The molecule has 0 spiro atoms. The molecule has 1 amide bonds. The fraction of sp³-hybridized carbons (Fsp3) is 0.294. The molecule has 1 aromatic carbocycles. The molecular formula is C17H20N2O6S. The van der Waals surface area contributed by atoms with Gasteiger partial charge in [-0.25, -0.2) is 17.5 Å². The summed E-state index contributed by atoms with van der Waals surface area (Å²) < 4.78 is 30.9. The van der Waals surface area contributed by atoms with Crippen molar-refractivity contribution in [1.82, 2.24) is 9.21 Å². The average molecular weight is 380 g/mol. The maximum absolute atomic E-state index is 12.5. The summed E-state index contributed by atoms with van der Waals surface area (Å²) in [7, 11) is 0.640. The standard InChI is InChI=1S/C17H20N2O6S/c1-11-15(26(23,24)18(2)3)9-14(25-11)16(20)19(4)10-12-5-7-13(8-6-12)17(21)22/h5-9H,10H2,1-4H3,(H,21,22). The van der Waals surface area contributed by atoms with Crippen LogP contribution >= 0.6 is 0 Å². The number of aryl methyl sites for hydroxylation is 1. The van der Waals surface area contributed by atoms with Gasteiger partial charge in [0.25, 0.3) is 5.91 Å². The number of rotatable bonds is 6. The number of benzene rings is 1. The number of sulfonamides is 1. The van der Waals surface area contributed by atoms with Crippen molar-refractivity contribution in [2.24, 2.45) is 0 Å². The first-order valence-corrected chi connectivity index (χ1v) is 9.08. The van der Waals surface area contributed by atoms with E-state index in [4.69, 9.17) is 9.52 Å². The molecule has 0 fully saturated rings. The molecule has 0 saturated heterocycles. The molecule has 8 nitrogen and oxygen atoms in total. The van der Waals surface area contributed by atoms with Crippen LogP contribution in [-0.4, -0.2) is 55.7 Å². The highest BCUT2D eigenvalue weighted by atomic mass is 32.2. The van der Waals surface area contributed by atoms with E-state index in [-0.39, 0.29) is 28.5 Å². The molecule has 0 atom stereocenters. The SMILES string of the molecule is Cc1oc(C(=O)N(C)Cc2ccc(C(=O)O)cc2)cc1S(=O)(=O)N(C)C. The van der Waals surface area contributed by atoms with Crippen molar-refractivity contribution >= 4 is 21.9 Å². The Morgan fingerprint density at radius 3 is 2.19 bits per heavy atom. The lowest BCUT2D eigenvalue weighted by atomic mass is 10.1. The van der Waals surface area contributed by atoms with E-state index < -0.39 is 21.9 Å². The van der Waals surface area contributed by atoms with Gasteiger partial charge in [-0.1, -0.05) is 12.1 Å². The van der Waals surface area contributed by atoms with Crippen molar-refractivity contribution in [2.75, 3.05) is 21.1 Å². The molecule has 0 radical (unpaired) electrons. The third kappa shape index (κ3) is 3.94. The van der Waals surface area contributed by atoms with Crippen LogP contribution in [-0.2, 0) is 16.6 Å². The number of amides is 1. The van der Waals surface area contributed by atoms with Crippen LogP contribution in [0.4, 0.5) is 0 Å². The first kappa shape index (κ1) is 19.7. The smallest absolute Gasteiger partial charge is 0.335 e. The molecule has 0 aliphatic carbocycles. The van der Waals surface area contributed by atoms with Crippen LogP contribution in [0, 0.1) is 6.92 Å². The number of hydrogen-bond acceptors (Lipinski definition) is 5. The Morgan fingerprint density at radius 1 is 1.12 bits per heavy atom. The summed E-state index contributed by atoms with van der Waals surface area (Å²) in [6.07, 6.45) is 0. The predicted octanol–water partition coefficient (Wildman–Crippen LogP) is 1.81. The summed E-state index contributed by atoms with van der Waals surface area (Å²) in [6, 6.07) is 7.35. The molecule has 1 N–H and O–H groups in total. The number of carbonyl (C=O) groups is 2. The van der Waals surface area contributed by atoms with Gasteiger partial charge in [0.2, 0.25) is 10.0 Å². The van der Waals surface area contributed by atoms with Crippen molar-refractivity contribution in [1.29, 1.82) is 0 Å². The van der Waals surface area contributed by atoms with Crippen LogP contribution in [0.25, 0.3) is 0 Å². The van der Waals surface area contributed by atoms with Gasteiger partial charge in [0.05, 0.1) is 5.56 Å². The quantitative estimate of drug-likeness (QED) is 0.819. The summed E-state index contributed by atoms with van der Waals surface area (Å²) in [5, 5.41) is 8.90. The van der Waals surface area contributed by atoms with Crippen molar-refractivity contribution in [3.63, 3.8) is 0 Å². The summed E-state index contributed by atoms with van der Waals surface area (Å²) in [5.41, 5.74) is 0.887. The minimum absolute atomic E-state index is 0.0509. The lowest BCUT2D eigenvalue weighted by Gasteiger charge is -2.15. The van der Waals surface area contributed by atoms with Crippen LogP contribution in [0.3, 0.4) is 0 Å². The highest BCUT2D eigenvalue weighted by molar-refractivity contribution is 7.89. The Labute approximate surface area is 151 Å². The van der Waals surface area contributed by atoms with Gasteiger partial charge in [-0.05, 0) is 24.6 Å². The van der Waals surface area contributed by atoms with Crippen molar-refractivity contribution in [3.8, 4) is 0 Å². The van der Waals surface area contributed by atoms with E-state index in [0.717, 1.165) is 9.87 Å². The number of nitrogens with zero attached hydrogens (tertiary/aromatic N) is 2. The molecule has 0 aliphatic rings. The normalized spacial score (nSPS) is 11.6. The van der Waals surface area contributed by atoms with E-state index in [9.17, 15) is 18.0 Å². The Hall–Kier alpha value is -2.65. The molecule has 1 heterocycles. The molecule has 2 rings (SSSR count). The van der Waals surface area contributed by atoms with Crippen LogP contribution in [0.1, 0.15) is 32.2 Å². The van der Waals surface area contributed by atoms with Crippen LogP contribution in [0.5, 0.6) is 0 Å². The molecule has 0 unspecified atom stereocenters. The van der Waals surface area contributed by atoms with Gasteiger partial charge in [-0.3, -0.25) is 4.79 Å². The largest absolute Gasteiger partial charge is 0.478 e. The first-order chi connectivity index (χ1) is 12.0. The van der Waals surface area contributed by atoms with E-state index in [1.807, 2.05) is 0 Å². The van der Waals surface area contributed by atoms with Crippen LogP contribution in [0.2, 0.25) is 0 Å². The number of carbonyl (C=O) groups excluding carboxylic acids is 1. The van der Waals surface area contributed by atoms with Crippen molar-refractivity contribution in [2.45, 2.75) is 18.4 Å².